The van der Waals surface area contributed by atoms with Crippen molar-refractivity contribution in [1.29, 1.82) is 0 Å². The molecule has 0 spiro atoms. The molecule has 0 aliphatic carbocycles. The highest BCUT2D eigenvalue weighted by Crippen LogP contribution is 2.26. The zero-order valence-electron chi connectivity index (χ0n) is 25.7. The summed E-state index contributed by atoms with van der Waals surface area (Å²) in [4.78, 5) is 20.9. The molecule has 1 heterocycles. The van der Waals surface area contributed by atoms with Crippen LogP contribution in [0, 0.1) is 27.7 Å². The van der Waals surface area contributed by atoms with Crippen molar-refractivity contribution >= 4 is 30.3 Å². The van der Waals surface area contributed by atoms with Crippen molar-refractivity contribution in [3.63, 3.8) is 0 Å². The van der Waals surface area contributed by atoms with Gasteiger partial charge in [0.15, 0.2) is 0 Å². The number of carbonyl (C=O) groups excluding carboxylic acids is 2. The molecule has 0 aliphatic rings. The average molecular weight is 540 g/mol. The van der Waals surface area contributed by atoms with Gasteiger partial charge in [-0.2, -0.15) is 0 Å². The van der Waals surface area contributed by atoms with Gasteiger partial charge in [-0.3, -0.25) is 9.78 Å². The van der Waals surface area contributed by atoms with E-state index in [1.54, 1.807) is 0 Å². The summed E-state index contributed by atoms with van der Waals surface area (Å²) in [6.45, 7) is 19.4. The fourth-order valence-corrected chi connectivity index (χ4v) is 2.76. The number of hydrogen-bond acceptors (Lipinski definition) is 6. The number of hydrogen-bond donors (Lipinski definition) is 4. The van der Waals surface area contributed by atoms with E-state index in [2.05, 4.69) is 97.6 Å². The molecule has 2 aromatic carbocycles. The summed E-state index contributed by atoms with van der Waals surface area (Å²) < 4.78 is 0. The molecule has 1 amide bonds. The first-order valence-electron chi connectivity index (χ1n) is 13.4. The van der Waals surface area contributed by atoms with Gasteiger partial charge in [-0.1, -0.05) is 88.1 Å². The summed E-state index contributed by atoms with van der Waals surface area (Å²) in [7, 11) is 1.97. The highest BCUT2D eigenvalue weighted by Gasteiger charge is 2.05. The Morgan fingerprint density at radius 1 is 0.872 bits per heavy atom. The van der Waals surface area contributed by atoms with Crippen LogP contribution in [0.1, 0.15) is 68.6 Å². The molecule has 7 heteroatoms. The minimum atomic E-state index is 0.250. The van der Waals surface area contributed by atoms with E-state index in [1.807, 2.05) is 47.6 Å². The van der Waals surface area contributed by atoms with Gasteiger partial charge in [-0.15, -0.1) is 0 Å². The molecule has 1 aromatic heterocycles. The molecule has 218 valence electrons. The smallest absolute Gasteiger partial charge is 0.204 e. The van der Waals surface area contributed by atoms with E-state index in [-0.39, 0.29) is 6.41 Å². The average Bonchev–Trinajstić information content (AvgIpc) is 2.96. The Balaban J connectivity index is -0.000000561. The summed E-state index contributed by atoms with van der Waals surface area (Å²) in [5, 5.41) is 6.51. The van der Waals surface area contributed by atoms with E-state index in [4.69, 9.17) is 15.3 Å². The lowest BCUT2D eigenvalue weighted by Gasteiger charge is -2.12. The number of primary amides is 1. The number of likely N-dealkylation sites (N-methyl/N-ethyl adjacent to an activating group) is 1. The van der Waals surface area contributed by atoms with Crippen LogP contribution in [-0.4, -0.2) is 31.8 Å². The van der Waals surface area contributed by atoms with Gasteiger partial charge in [0, 0.05) is 11.4 Å². The Hall–Kier alpha value is -3.71. The second-order valence-corrected chi connectivity index (χ2v) is 8.28. The molecular weight excluding hydrogens is 486 g/mol. The minimum Gasteiger partial charge on any atom is -0.396 e. The zero-order chi connectivity index (χ0) is 30.6. The molecule has 0 saturated heterocycles. The summed E-state index contributed by atoms with van der Waals surface area (Å²) >= 11 is 0. The maximum atomic E-state index is 8.58. The van der Waals surface area contributed by atoms with Gasteiger partial charge in [0.2, 0.25) is 6.41 Å². The number of aromatic nitrogens is 1. The van der Waals surface area contributed by atoms with E-state index in [1.165, 1.54) is 29.5 Å². The number of nitrogens with one attached hydrogen (secondary N) is 2. The van der Waals surface area contributed by atoms with Crippen molar-refractivity contribution in [3.05, 3.63) is 82.7 Å². The van der Waals surface area contributed by atoms with Crippen molar-refractivity contribution in [2.45, 2.75) is 74.7 Å². The number of carbonyl (C=O) groups is 2. The standard InChI is InChI=1S/C16H22N4.C8H10.C4H10.C2H6.CH3NO.CH2O/c1-11-10-15(16(17)12(2)19-11)20-14-6-4-13(5-7-14)8-9-18-3;1-7-3-5-8(2)6-4-7;1-3-4-2;1-2;2-1-3;1-2/h4-7,10,18H,8-9,17H2,1-3H3,(H,19,20);3-6H,1-2H3;3-4H2,1-2H3;1-2H3;1H,(H2,2,3);1H2. The van der Waals surface area contributed by atoms with Gasteiger partial charge < -0.3 is 26.9 Å². The highest BCUT2D eigenvalue weighted by atomic mass is 16.1. The minimum absolute atomic E-state index is 0.250. The third-order valence-corrected chi connectivity index (χ3v) is 4.99. The molecule has 3 rings (SSSR count). The monoisotopic (exact) mass is 539 g/mol. The molecule has 0 aliphatic heterocycles. The number of benzene rings is 2. The van der Waals surface area contributed by atoms with E-state index >= 15 is 0 Å². The van der Waals surface area contributed by atoms with Crippen molar-refractivity contribution in [3.8, 4) is 0 Å². The Morgan fingerprint density at radius 2 is 1.31 bits per heavy atom. The molecule has 0 bridgehead atoms. The summed E-state index contributed by atoms with van der Waals surface area (Å²) in [6, 6.07) is 18.9. The Labute approximate surface area is 237 Å². The quantitative estimate of drug-likeness (QED) is 0.254. The molecule has 6 N–H and O–H groups in total. The summed E-state index contributed by atoms with van der Waals surface area (Å²) in [6.07, 6.45) is 3.92. The number of rotatable bonds is 6. The third kappa shape index (κ3) is 21.0. The molecule has 39 heavy (non-hydrogen) atoms. The number of nitrogens with zero attached hydrogens (tertiary/aromatic N) is 1. The van der Waals surface area contributed by atoms with Crippen LogP contribution in [0.3, 0.4) is 0 Å². The van der Waals surface area contributed by atoms with Crippen molar-refractivity contribution < 1.29 is 9.59 Å². The normalized spacial score (nSPS) is 8.64. The van der Waals surface area contributed by atoms with Gasteiger partial charge in [0.25, 0.3) is 0 Å². The SMILES string of the molecule is C=O.CC.CCCC.CNCCc1ccc(Nc2cc(C)nc(C)c2N)cc1.Cc1ccc(C)cc1.NC=O. The first-order valence-corrected chi connectivity index (χ1v) is 13.4. The van der Waals surface area contributed by atoms with Crippen LogP contribution >= 0.6 is 0 Å². The molecule has 0 saturated carbocycles. The zero-order valence-corrected chi connectivity index (χ0v) is 25.7. The molecule has 0 fully saturated rings. The van der Waals surface area contributed by atoms with Crippen LogP contribution in [0.25, 0.3) is 0 Å². The van der Waals surface area contributed by atoms with Gasteiger partial charge in [-0.25, -0.2) is 0 Å². The molecule has 0 atom stereocenters. The van der Waals surface area contributed by atoms with Gasteiger partial charge >= 0.3 is 0 Å². The summed E-state index contributed by atoms with van der Waals surface area (Å²) in [5.41, 5.74) is 18.7. The number of nitrogen functional groups attached to an aromatic ring is 1. The van der Waals surface area contributed by atoms with E-state index in [0.29, 0.717) is 5.69 Å². The highest BCUT2D eigenvalue weighted by molar-refractivity contribution is 5.74. The Kier molecular flexibility index (Phi) is 27.9. The molecular formula is C32H53N5O2. The fraction of sp³-hybridized carbons (Fsp3) is 0.406. The number of unbranched alkanes of at least 4 members (excludes halogenated alkanes) is 1. The maximum absolute atomic E-state index is 8.58. The van der Waals surface area contributed by atoms with Gasteiger partial charge in [-0.05, 0) is 71.5 Å². The first kappa shape index (κ1) is 39.8. The van der Waals surface area contributed by atoms with Crippen LogP contribution in [0.2, 0.25) is 0 Å². The molecule has 7 nitrogen and oxygen atoms in total. The van der Waals surface area contributed by atoms with E-state index in [9.17, 15) is 0 Å². The van der Waals surface area contributed by atoms with Crippen molar-refractivity contribution in [1.82, 2.24) is 10.3 Å². The number of anilines is 3. The predicted octanol–water partition coefficient (Wildman–Crippen LogP) is 6.84. The van der Waals surface area contributed by atoms with Crippen LogP contribution in [0.5, 0.6) is 0 Å². The predicted molar refractivity (Wildman–Crippen MR) is 171 cm³/mol. The number of pyridine rings is 1. The lowest BCUT2D eigenvalue weighted by Crippen LogP contribution is -2.10. The van der Waals surface area contributed by atoms with E-state index < -0.39 is 0 Å². The molecule has 0 radical (unpaired) electrons. The lowest BCUT2D eigenvalue weighted by atomic mass is 10.1. The maximum Gasteiger partial charge on any atom is 0.204 e. The van der Waals surface area contributed by atoms with Gasteiger partial charge in [0.05, 0.1) is 17.1 Å². The van der Waals surface area contributed by atoms with Crippen LogP contribution in [0.4, 0.5) is 17.1 Å². The lowest BCUT2D eigenvalue weighted by molar-refractivity contribution is -0.107. The fourth-order valence-electron chi connectivity index (χ4n) is 2.76. The van der Waals surface area contributed by atoms with Gasteiger partial charge in [0.1, 0.15) is 6.79 Å². The number of aryl methyl sites for hydroxylation is 4. The van der Waals surface area contributed by atoms with E-state index in [0.717, 1.165) is 35.7 Å². The number of amides is 1. The second-order valence-electron chi connectivity index (χ2n) is 8.28. The molecule has 0 unspecified atom stereocenters. The van der Waals surface area contributed by atoms with Crippen molar-refractivity contribution in [2.75, 3.05) is 24.6 Å². The van der Waals surface area contributed by atoms with Crippen LogP contribution in [0.15, 0.2) is 54.6 Å². The van der Waals surface area contributed by atoms with Crippen LogP contribution in [-0.2, 0) is 16.0 Å². The Morgan fingerprint density at radius 3 is 1.69 bits per heavy atom. The largest absolute Gasteiger partial charge is 0.396 e. The second kappa shape index (κ2) is 27.3. The van der Waals surface area contributed by atoms with Crippen LogP contribution < -0.4 is 22.1 Å². The molecule has 3 aromatic rings. The third-order valence-electron chi connectivity index (χ3n) is 4.99. The summed E-state index contributed by atoms with van der Waals surface area (Å²) in [5.74, 6) is 0. The first-order chi connectivity index (χ1) is 18.7. The number of nitrogens with two attached hydrogens (primary N) is 2. The topological polar surface area (TPSA) is 123 Å². The van der Waals surface area contributed by atoms with Crippen molar-refractivity contribution in [2.24, 2.45) is 5.73 Å². The Bertz CT molecular complexity index is 952.